The van der Waals surface area contributed by atoms with Crippen LogP contribution in [0.25, 0.3) is 0 Å². The van der Waals surface area contributed by atoms with Gasteiger partial charge in [0.25, 0.3) is 15.9 Å². The van der Waals surface area contributed by atoms with Gasteiger partial charge in [0.15, 0.2) is 0 Å². The quantitative estimate of drug-likeness (QED) is 0.427. The topological polar surface area (TPSA) is 91.7 Å². The number of rotatable bonds is 7. The van der Waals surface area contributed by atoms with Crippen LogP contribution in [-0.4, -0.2) is 32.1 Å². The predicted octanol–water partition coefficient (Wildman–Crippen LogP) is 3.73. The smallest absolute Gasteiger partial charge is 0.264 e. The lowest BCUT2D eigenvalue weighted by Crippen LogP contribution is -2.39. The van der Waals surface area contributed by atoms with Crippen molar-refractivity contribution in [2.75, 3.05) is 10.8 Å². The molecular formula is C20H16Cl2N4O3S. The molecule has 3 rings (SSSR count). The summed E-state index contributed by atoms with van der Waals surface area (Å²) in [7, 11) is -4.08. The Morgan fingerprint density at radius 3 is 2.47 bits per heavy atom. The van der Waals surface area contributed by atoms with Crippen molar-refractivity contribution in [2.45, 2.75) is 4.90 Å². The van der Waals surface area contributed by atoms with E-state index in [1.807, 2.05) is 0 Å². The highest BCUT2D eigenvalue weighted by molar-refractivity contribution is 7.92. The number of carbonyl (C=O) groups excluding carboxylic acids is 1. The molecule has 2 aromatic carbocycles. The van der Waals surface area contributed by atoms with Gasteiger partial charge in [0.1, 0.15) is 6.54 Å². The van der Waals surface area contributed by atoms with Crippen molar-refractivity contribution in [3.05, 3.63) is 88.7 Å². The molecule has 0 radical (unpaired) electrons. The highest BCUT2D eigenvalue weighted by atomic mass is 35.5. The molecule has 3 aromatic rings. The Labute approximate surface area is 184 Å². The van der Waals surface area contributed by atoms with E-state index in [1.54, 1.807) is 42.6 Å². The summed E-state index contributed by atoms with van der Waals surface area (Å²) in [6, 6.07) is 17.3. The standard InChI is InChI=1S/C20H16Cl2N4O3S/c21-15-9-10-19(18(22)12-15)26(30(28,29)17-7-2-1-3-8-17)14-20(27)25-24-13-16-6-4-5-11-23-16/h1-13H,14H2,(H,25,27)/b24-13-. The van der Waals surface area contributed by atoms with E-state index >= 15 is 0 Å². The first kappa shape index (κ1) is 21.8. The second-order valence-electron chi connectivity index (χ2n) is 5.97. The van der Waals surface area contributed by atoms with Gasteiger partial charge < -0.3 is 0 Å². The number of carbonyl (C=O) groups is 1. The molecule has 10 heteroatoms. The second-order valence-corrected chi connectivity index (χ2v) is 8.67. The van der Waals surface area contributed by atoms with Crippen molar-refractivity contribution in [2.24, 2.45) is 5.10 Å². The zero-order valence-corrected chi connectivity index (χ0v) is 17.8. The van der Waals surface area contributed by atoms with Gasteiger partial charge in [-0.15, -0.1) is 0 Å². The number of hydrazone groups is 1. The van der Waals surface area contributed by atoms with Gasteiger partial charge in [-0.3, -0.25) is 14.1 Å². The van der Waals surface area contributed by atoms with E-state index < -0.39 is 22.5 Å². The molecule has 0 fully saturated rings. The monoisotopic (exact) mass is 462 g/mol. The molecule has 0 unspecified atom stereocenters. The maximum Gasteiger partial charge on any atom is 0.264 e. The number of anilines is 1. The van der Waals surface area contributed by atoms with Crippen LogP contribution in [-0.2, 0) is 14.8 Å². The molecule has 0 aliphatic heterocycles. The van der Waals surface area contributed by atoms with Crippen LogP contribution in [0.4, 0.5) is 5.69 Å². The zero-order chi connectivity index (χ0) is 21.6. The van der Waals surface area contributed by atoms with Crippen molar-refractivity contribution in [3.63, 3.8) is 0 Å². The number of nitrogens with one attached hydrogen (secondary N) is 1. The molecule has 7 nitrogen and oxygen atoms in total. The summed E-state index contributed by atoms with van der Waals surface area (Å²) in [4.78, 5) is 16.5. The fraction of sp³-hybridized carbons (Fsp3) is 0.0500. The maximum atomic E-state index is 13.2. The third kappa shape index (κ3) is 5.35. The first-order valence-electron chi connectivity index (χ1n) is 8.64. The van der Waals surface area contributed by atoms with Crippen LogP contribution in [0.3, 0.4) is 0 Å². The first-order chi connectivity index (χ1) is 14.4. The maximum absolute atomic E-state index is 13.2. The minimum Gasteiger partial charge on any atom is -0.271 e. The van der Waals surface area contributed by atoms with Crippen LogP contribution in [0.2, 0.25) is 10.0 Å². The fourth-order valence-corrected chi connectivity index (χ4v) is 4.51. The molecule has 0 aliphatic rings. The minimum atomic E-state index is -4.08. The number of aromatic nitrogens is 1. The molecule has 30 heavy (non-hydrogen) atoms. The molecule has 1 heterocycles. The van der Waals surface area contributed by atoms with Crippen molar-refractivity contribution >= 4 is 51.0 Å². The number of hydrogen-bond acceptors (Lipinski definition) is 5. The third-order valence-corrected chi connectivity index (χ3v) is 6.18. The predicted molar refractivity (Wildman–Crippen MR) is 117 cm³/mol. The average molecular weight is 463 g/mol. The number of amides is 1. The average Bonchev–Trinajstić information content (AvgIpc) is 2.74. The Balaban J connectivity index is 1.88. The Morgan fingerprint density at radius 2 is 1.80 bits per heavy atom. The number of nitrogens with zero attached hydrogens (tertiary/aromatic N) is 3. The lowest BCUT2D eigenvalue weighted by molar-refractivity contribution is -0.119. The zero-order valence-electron chi connectivity index (χ0n) is 15.4. The molecule has 0 bridgehead atoms. The van der Waals surface area contributed by atoms with E-state index in [4.69, 9.17) is 23.2 Å². The lowest BCUT2D eigenvalue weighted by atomic mass is 10.3. The number of sulfonamides is 1. The highest BCUT2D eigenvalue weighted by Gasteiger charge is 2.28. The van der Waals surface area contributed by atoms with Crippen molar-refractivity contribution in [1.82, 2.24) is 10.4 Å². The van der Waals surface area contributed by atoms with Gasteiger partial charge in [-0.2, -0.15) is 5.10 Å². The van der Waals surface area contributed by atoms with Crippen LogP contribution in [0, 0.1) is 0 Å². The van der Waals surface area contributed by atoms with Gasteiger partial charge in [-0.05, 0) is 42.5 Å². The molecule has 1 amide bonds. The summed E-state index contributed by atoms with van der Waals surface area (Å²) < 4.78 is 27.3. The van der Waals surface area contributed by atoms with Crippen LogP contribution < -0.4 is 9.73 Å². The van der Waals surface area contributed by atoms with E-state index in [1.165, 1.54) is 36.5 Å². The largest absolute Gasteiger partial charge is 0.271 e. The fourth-order valence-electron chi connectivity index (χ4n) is 2.49. The van der Waals surface area contributed by atoms with Gasteiger partial charge in [0.05, 0.1) is 27.5 Å². The van der Waals surface area contributed by atoms with Gasteiger partial charge in [0.2, 0.25) is 0 Å². The van der Waals surface area contributed by atoms with Crippen molar-refractivity contribution < 1.29 is 13.2 Å². The van der Waals surface area contributed by atoms with E-state index in [0.717, 1.165) is 4.31 Å². The molecule has 0 aliphatic carbocycles. The Bertz CT molecular complexity index is 1160. The van der Waals surface area contributed by atoms with Gasteiger partial charge in [0, 0.05) is 11.2 Å². The molecule has 1 N–H and O–H groups in total. The molecule has 0 saturated carbocycles. The summed E-state index contributed by atoms with van der Waals surface area (Å²) in [6.45, 7) is -0.544. The Morgan fingerprint density at radius 1 is 1.07 bits per heavy atom. The Hall–Kier alpha value is -2.94. The summed E-state index contributed by atoms with van der Waals surface area (Å²) in [5.41, 5.74) is 2.95. The van der Waals surface area contributed by atoms with Crippen molar-refractivity contribution in [3.8, 4) is 0 Å². The summed E-state index contributed by atoms with van der Waals surface area (Å²) >= 11 is 12.2. The highest BCUT2D eigenvalue weighted by Crippen LogP contribution is 2.32. The van der Waals surface area contributed by atoms with Crippen LogP contribution >= 0.6 is 23.2 Å². The van der Waals surface area contributed by atoms with Crippen molar-refractivity contribution in [1.29, 1.82) is 0 Å². The number of benzene rings is 2. The summed E-state index contributed by atoms with van der Waals surface area (Å²) in [5.74, 6) is -0.660. The van der Waals surface area contributed by atoms with E-state index in [9.17, 15) is 13.2 Å². The molecule has 1 aromatic heterocycles. The summed E-state index contributed by atoms with van der Waals surface area (Å²) in [5, 5.41) is 4.24. The van der Waals surface area contributed by atoms with Crippen LogP contribution in [0.1, 0.15) is 5.69 Å². The van der Waals surface area contributed by atoms with E-state index in [2.05, 4.69) is 15.5 Å². The normalized spacial score (nSPS) is 11.4. The SMILES string of the molecule is O=C(CN(c1ccc(Cl)cc1Cl)S(=O)(=O)c1ccccc1)N/N=C\c1ccccn1. The van der Waals surface area contributed by atoms with Gasteiger partial charge >= 0.3 is 0 Å². The number of pyridine rings is 1. The summed E-state index contributed by atoms with van der Waals surface area (Å²) in [6.07, 6.45) is 2.93. The third-order valence-electron chi connectivity index (χ3n) is 3.87. The van der Waals surface area contributed by atoms with Crippen LogP contribution in [0.15, 0.2) is 82.9 Å². The molecule has 0 saturated heterocycles. The number of halogens is 2. The Kier molecular flexibility index (Phi) is 7.04. The molecule has 154 valence electrons. The first-order valence-corrected chi connectivity index (χ1v) is 10.8. The van der Waals surface area contributed by atoms with Gasteiger partial charge in [-0.25, -0.2) is 13.8 Å². The second kappa shape index (κ2) is 9.71. The minimum absolute atomic E-state index is 0.0146. The number of hydrogen-bond donors (Lipinski definition) is 1. The van der Waals surface area contributed by atoms with Gasteiger partial charge in [-0.1, -0.05) is 47.5 Å². The molecule has 0 spiro atoms. The van der Waals surface area contributed by atoms with E-state index in [0.29, 0.717) is 10.7 Å². The van der Waals surface area contributed by atoms with Crippen LogP contribution in [0.5, 0.6) is 0 Å². The van der Waals surface area contributed by atoms with E-state index in [-0.39, 0.29) is 15.6 Å². The molecular weight excluding hydrogens is 447 g/mol. The lowest BCUT2D eigenvalue weighted by Gasteiger charge is -2.24. The molecule has 0 atom stereocenters.